The molecule has 1 aromatic heterocycles. The van der Waals surface area contributed by atoms with Crippen LogP contribution < -0.4 is 10.6 Å². The van der Waals surface area contributed by atoms with Crippen molar-refractivity contribution < 1.29 is 13.2 Å². The third-order valence-corrected chi connectivity index (χ3v) is 6.41. The van der Waals surface area contributed by atoms with Crippen molar-refractivity contribution >= 4 is 49.7 Å². The van der Waals surface area contributed by atoms with Crippen LogP contribution in [0, 0.1) is 0 Å². The third kappa shape index (κ3) is 5.32. The smallest absolute Gasteiger partial charge is 0.257 e. The number of carbonyl (C=O) groups is 1. The molecule has 0 radical (unpaired) electrons. The van der Waals surface area contributed by atoms with Crippen LogP contribution in [0.1, 0.15) is 36.8 Å². The van der Waals surface area contributed by atoms with Crippen LogP contribution in [0.15, 0.2) is 34.5 Å². The Kier molecular flexibility index (Phi) is 6.35. The number of benzene rings is 1. The van der Waals surface area contributed by atoms with Crippen LogP contribution in [0.5, 0.6) is 0 Å². The second-order valence-corrected chi connectivity index (χ2v) is 10.4. The molecule has 0 saturated heterocycles. The highest BCUT2D eigenvalue weighted by molar-refractivity contribution is 7.89. The van der Waals surface area contributed by atoms with Gasteiger partial charge >= 0.3 is 0 Å². The Morgan fingerprint density at radius 2 is 1.78 bits per heavy atom. The van der Waals surface area contributed by atoms with Crippen LogP contribution in [0.2, 0.25) is 0 Å². The fourth-order valence-electron chi connectivity index (χ4n) is 1.97. The molecular weight excluding hydrogens is 404 g/mol. The summed E-state index contributed by atoms with van der Waals surface area (Å²) < 4.78 is 25.2. The highest BCUT2D eigenvalue weighted by atomic mass is 32.2. The Balaban J connectivity index is 2.02. The number of rotatable bonds is 4. The lowest BCUT2D eigenvalue weighted by molar-refractivity contribution is 0.0977. The quantitative estimate of drug-likeness (QED) is 0.731. The van der Waals surface area contributed by atoms with Gasteiger partial charge < -0.3 is 5.32 Å². The van der Waals surface area contributed by atoms with E-state index < -0.39 is 15.9 Å². The molecule has 0 unspecified atom stereocenters. The van der Waals surface area contributed by atoms with E-state index in [1.54, 1.807) is 0 Å². The largest absolute Gasteiger partial charge is 0.308 e. The molecule has 0 spiro atoms. The molecule has 0 bridgehead atoms. The van der Waals surface area contributed by atoms with Gasteiger partial charge in [-0.2, -0.15) is 0 Å². The van der Waals surface area contributed by atoms with Gasteiger partial charge in [-0.1, -0.05) is 20.8 Å². The minimum Gasteiger partial charge on any atom is -0.308 e. The van der Waals surface area contributed by atoms with E-state index in [0.717, 1.165) is 10.00 Å². The summed E-state index contributed by atoms with van der Waals surface area (Å²) in [4.78, 5) is 16.9. The number of nitrogens with one attached hydrogen (secondary N) is 2. The van der Waals surface area contributed by atoms with E-state index in [0.29, 0.717) is 10.7 Å². The van der Waals surface area contributed by atoms with Crippen molar-refractivity contribution in [3.8, 4) is 0 Å². The standard InChI is InChI=1S/C17H22N4O3S3/c1-17(2,3)13-10-26-16(18-13)20-15(25)19-14(22)11-6-8-12(9-7-11)27(23,24)21(4)5/h6-10H,1-5H3,(H2,18,19,20,22,25). The molecule has 10 heteroatoms. The zero-order chi connectivity index (χ0) is 20.4. The molecule has 146 valence electrons. The van der Waals surface area contributed by atoms with Gasteiger partial charge in [0, 0.05) is 30.5 Å². The summed E-state index contributed by atoms with van der Waals surface area (Å²) in [6, 6.07) is 5.65. The molecule has 0 aliphatic rings. The molecule has 1 aromatic carbocycles. The third-order valence-electron chi connectivity index (χ3n) is 3.62. The van der Waals surface area contributed by atoms with E-state index in [-0.39, 0.29) is 15.4 Å². The van der Waals surface area contributed by atoms with Crippen molar-refractivity contribution in [1.29, 1.82) is 0 Å². The zero-order valence-corrected chi connectivity index (χ0v) is 18.2. The summed E-state index contributed by atoms with van der Waals surface area (Å²) in [7, 11) is -0.640. The minimum atomic E-state index is -3.54. The number of hydrogen-bond acceptors (Lipinski definition) is 6. The average molecular weight is 427 g/mol. The molecule has 1 amide bonds. The zero-order valence-electron chi connectivity index (χ0n) is 15.7. The van der Waals surface area contributed by atoms with Crippen LogP contribution in [0.4, 0.5) is 5.13 Å². The van der Waals surface area contributed by atoms with Gasteiger partial charge in [0.05, 0.1) is 10.6 Å². The fourth-order valence-corrected chi connectivity index (χ4v) is 4.07. The molecule has 0 atom stereocenters. The van der Waals surface area contributed by atoms with Crippen molar-refractivity contribution in [2.24, 2.45) is 0 Å². The van der Waals surface area contributed by atoms with Gasteiger partial charge in [0.25, 0.3) is 5.91 Å². The summed E-state index contributed by atoms with van der Waals surface area (Å²) in [5.74, 6) is -0.436. The molecule has 0 saturated carbocycles. The van der Waals surface area contributed by atoms with E-state index in [1.807, 2.05) is 5.38 Å². The predicted octanol–water partition coefficient (Wildman–Crippen LogP) is 2.82. The van der Waals surface area contributed by atoms with Gasteiger partial charge in [-0.3, -0.25) is 10.1 Å². The molecule has 2 rings (SSSR count). The van der Waals surface area contributed by atoms with Gasteiger partial charge in [0.1, 0.15) is 0 Å². The van der Waals surface area contributed by atoms with Gasteiger partial charge in [-0.15, -0.1) is 11.3 Å². The number of thiocarbonyl (C=S) groups is 1. The van der Waals surface area contributed by atoms with Gasteiger partial charge in [-0.05, 0) is 36.5 Å². The second kappa shape index (κ2) is 8.01. The summed E-state index contributed by atoms with van der Waals surface area (Å²) in [6.07, 6.45) is 0. The minimum absolute atomic E-state index is 0.0735. The summed E-state index contributed by atoms with van der Waals surface area (Å²) >= 11 is 6.56. The number of sulfonamides is 1. The number of carbonyl (C=O) groups excluding carboxylic acids is 1. The van der Waals surface area contributed by atoms with Crippen LogP contribution in [0.3, 0.4) is 0 Å². The summed E-state index contributed by atoms with van der Waals surface area (Å²) in [6.45, 7) is 6.18. The van der Waals surface area contributed by atoms with Crippen molar-refractivity contribution in [2.75, 3.05) is 19.4 Å². The average Bonchev–Trinajstić information content (AvgIpc) is 3.03. The SMILES string of the molecule is CN(C)S(=O)(=O)c1ccc(C(=O)NC(=S)Nc2nc(C(C)(C)C)cs2)cc1. The predicted molar refractivity (Wildman–Crippen MR) is 112 cm³/mol. The lowest BCUT2D eigenvalue weighted by atomic mass is 9.93. The van der Waals surface area contributed by atoms with Crippen LogP contribution in [0.25, 0.3) is 0 Å². The Morgan fingerprint density at radius 3 is 2.26 bits per heavy atom. The Hall–Kier alpha value is -1.88. The number of nitrogens with zero attached hydrogens (tertiary/aromatic N) is 2. The molecule has 2 N–H and O–H groups in total. The second-order valence-electron chi connectivity index (χ2n) is 7.01. The summed E-state index contributed by atoms with van der Waals surface area (Å²) in [5, 5.41) is 8.11. The van der Waals surface area contributed by atoms with E-state index >= 15 is 0 Å². The van der Waals surface area contributed by atoms with E-state index in [1.165, 1.54) is 49.7 Å². The van der Waals surface area contributed by atoms with Crippen molar-refractivity contribution in [3.63, 3.8) is 0 Å². The Labute approximate surface area is 168 Å². The fraction of sp³-hybridized carbons (Fsp3) is 0.353. The topological polar surface area (TPSA) is 91.4 Å². The summed E-state index contributed by atoms with van der Waals surface area (Å²) in [5.41, 5.74) is 1.16. The molecule has 0 aliphatic carbocycles. The maximum atomic E-state index is 12.3. The molecule has 7 nitrogen and oxygen atoms in total. The van der Waals surface area contributed by atoms with Gasteiger partial charge in [0.2, 0.25) is 10.0 Å². The van der Waals surface area contributed by atoms with Crippen molar-refractivity contribution in [2.45, 2.75) is 31.1 Å². The molecule has 0 aliphatic heterocycles. The maximum absolute atomic E-state index is 12.3. The van der Waals surface area contributed by atoms with Crippen molar-refractivity contribution in [3.05, 3.63) is 40.9 Å². The molecule has 27 heavy (non-hydrogen) atoms. The van der Waals surface area contributed by atoms with Crippen LogP contribution in [-0.2, 0) is 15.4 Å². The number of hydrogen-bond donors (Lipinski definition) is 2. The van der Waals surface area contributed by atoms with Crippen LogP contribution >= 0.6 is 23.6 Å². The van der Waals surface area contributed by atoms with E-state index in [4.69, 9.17) is 12.2 Å². The molecule has 0 fully saturated rings. The van der Waals surface area contributed by atoms with Crippen molar-refractivity contribution in [1.82, 2.24) is 14.6 Å². The number of anilines is 1. The van der Waals surface area contributed by atoms with Crippen LogP contribution in [-0.4, -0.2) is 42.8 Å². The maximum Gasteiger partial charge on any atom is 0.257 e. The first-order chi connectivity index (χ1) is 12.4. The lowest BCUT2D eigenvalue weighted by Gasteiger charge is -2.14. The van der Waals surface area contributed by atoms with Gasteiger partial charge in [0.15, 0.2) is 10.2 Å². The number of thiazole rings is 1. The Morgan fingerprint density at radius 1 is 1.19 bits per heavy atom. The molecule has 2 aromatic rings. The number of aromatic nitrogens is 1. The number of amides is 1. The van der Waals surface area contributed by atoms with Gasteiger partial charge in [-0.25, -0.2) is 17.7 Å². The van der Waals surface area contributed by atoms with E-state index in [2.05, 4.69) is 36.4 Å². The first kappa shape index (κ1) is 21.4. The lowest BCUT2D eigenvalue weighted by Crippen LogP contribution is -2.34. The first-order valence-corrected chi connectivity index (χ1v) is 10.7. The molecule has 1 heterocycles. The molecular formula is C17H22N4O3S3. The monoisotopic (exact) mass is 426 g/mol. The Bertz CT molecular complexity index is 943. The normalized spacial score (nSPS) is 12.1. The van der Waals surface area contributed by atoms with E-state index in [9.17, 15) is 13.2 Å². The first-order valence-electron chi connectivity index (χ1n) is 8.02. The highest BCUT2D eigenvalue weighted by Crippen LogP contribution is 2.26. The highest BCUT2D eigenvalue weighted by Gasteiger charge is 2.19.